The average molecular weight is 268 g/mol. The molecule has 1 aliphatic rings. The number of rotatable bonds is 4. The zero-order chi connectivity index (χ0) is 14.0. The smallest absolute Gasteiger partial charge is 0.238 e. The van der Waals surface area contributed by atoms with Crippen molar-refractivity contribution in [2.24, 2.45) is 0 Å². The number of carbonyl (C=O) groups is 1. The predicted octanol–water partition coefficient (Wildman–Crippen LogP) is 2.58. The van der Waals surface area contributed by atoms with Gasteiger partial charge in [0.2, 0.25) is 5.91 Å². The highest BCUT2D eigenvalue weighted by Crippen LogP contribution is 2.27. The fourth-order valence-corrected chi connectivity index (χ4v) is 2.54. The second kappa shape index (κ2) is 5.65. The molecule has 1 heterocycles. The Morgan fingerprint density at radius 2 is 2.16 bits per heavy atom. The summed E-state index contributed by atoms with van der Waals surface area (Å²) in [6.45, 7) is 4.26. The fourth-order valence-electron chi connectivity index (χ4n) is 2.54. The third-order valence-corrected chi connectivity index (χ3v) is 3.45. The number of hydrogen-bond donors (Lipinski definition) is 1. The normalized spacial score (nSPS) is 20.9. The van der Waals surface area contributed by atoms with Gasteiger partial charge in [-0.1, -0.05) is 19.4 Å². The molecule has 2 unspecified atom stereocenters. The molecule has 0 aliphatic carbocycles. The van der Waals surface area contributed by atoms with Crippen LogP contribution in [0, 0.1) is 11.6 Å². The van der Waals surface area contributed by atoms with Gasteiger partial charge in [0, 0.05) is 6.04 Å². The topological polar surface area (TPSA) is 32.3 Å². The molecule has 0 saturated carbocycles. The number of carbonyl (C=O) groups excluding carboxylic acids is 1. The molecule has 1 N–H and O–H groups in total. The van der Waals surface area contributed by atoms with E-state index < -0.39 is 11.6 Å². The van der Waals surface area contributed by atoms with Gasteiger partial charge in [-0.2, -0.15) is 0 Å². The maximum atomic E-state index is 13.3. The van der Waals surface area contributed by atoms with E-state index in [4.69, 9.17) is 0 Å². The SMILES string of the molecule is CCCC(C)N1C(=O)CNC1c1ccc(F)c(F)c1. The lowest BCUT2D eigenvalue weighted by atomic mass is 10.1. The van der Waals surface area contributed by atoms with Crippen molar-refractivity contribution in [2.75, 3.05) is 6.54 Å². The highest BCUT2D eigenvalue weighted by atomic mass is 19.2. The number of amides is 1. The maximum absolute atomic E-state index is 13.3. The average Bonchev–Trinajstić information content (AvgIpc) is 2.75. The van der Waals surface area contributed by atoms with Crippen LogP contribution in [0.5, 0.6) is 0 Å². The van der Waals surface area contributed by atoms with Crippen LogP contribution in [0.15, 0.2) is 18.2 Å². The van der Waals surface area contributed by atoms with Gasteiger partial charge in [-0.15, -0.1) is 0 Å². The van der Waals surface area contributed by atoms with Crippen molar-refractivity contribution in [1.29, 1.82) is 0 Å². The highest BCUT2D eigenvalue weighted by Gasteiger charge is 2.34. The van der Waals surface area contributed by atoms with E-state index in [9.17, 15) is 13.6 Å². The number of benzene rings is 1. The quantitative estimate of drug-likeness (QED) is 0.910. The Morgan fingerprint density at radius 3 is 2.79 bits per heavy atom. The van der Waals surface area contributed by atoms with Crippen molar-refractivity contribution in [3.63, 3.8) is 0 Å². The molecule has 0 spiro atoms. The molecule has 1 saturated heterocycles. The number of nitrogens with one attached hydrogen (secondary N) is 1. The van der Waals surface area contributed by atoms with E-state index in [1.807, 2.05) is 6.92 Å². The van der Waals surface area contributed by atoms with Crippen LogP contribution in [0.4, 0.5) is 8.78 Å². The molecule has 2 atom stereocenters. The zero-order valence-corrected chi connectivity index (χ0v) is 11.1. The van der Waals surface area contributed by atoms with Gasteiger partial charge in [0.15, 0.2) is 11.6 Å². The molecule has 5 heteroatoms. The first-order valence-electron chi connectivity index (χ1n) is 6.54. The molecule has 1 aromatic rings. The molecule has 0 radical (unpaired) electrons. The summed E-state index contributed by atoms with van der Waals surface area (Å²) >= 11 is 0. The molecule has 2 rings (SSSR count). The number of halogens is 2. The van der Waals surface area contributed by atoms with Crippen molar-refractivity contribution >= 4 is 5.91 Å². The first-order valence-corrected chi connectivity index (χ1v) is 6.54. The molecule has 0 bridgehead atoms. The minimum Gasteiger partial charge on any atom is -0.319 e. The van der Waals surface area contributed by atoms with Crippen LogP contribution in [0.1, 0.15) is 38.4 Å². The Bertz CT molecular complexity index is 479. The molecule has 104 valence electrons. The second-order valence-electron chi connectivity index (χ2n) is 4.90. The summed E-state index contributed by atoms with van der Waals surface area (Å²) in [5, 5.41) is 3.05. The molecule has 1 aromatic carbocycles. The lowest BCUT2D eigenvalue weighted by Crippen LogP contribution is -2.37. The molecule has 0 aromatic heterocycles. The van der Waals surface area contributed by atoms with Crippen LogP contribution in [-0.2, 0) is 4.79 Å². The van der Waals surface area contributed by atoms with Crippen LogP contribution in [0.2, 0.25) is 0 Å². The molecule has 1 amide bonds. The van der Waals surface area contributed by atoms with E-state index in [0.717, 1.165) is 25.0 Å². The monoisotopic (exact) mass is 268 g/mol. The van der Waals surface area contributed by atoms with Gasteiger partial charge in [0.1, 0.15) is 6.17 Å². The Morgan fingerprint density at radius 1 is 1.42 bits per heavy atom. The molecular weight excluding hydrogens is 250 g/mol. The van der Waals surface area contributed by atoms with Gasteiger partial charge in [0.05, 0.1) is 6.54 Å². The minimum atomic E-state index is -0.887. The standard InChI is InChI=1S/C14H18F2N2O/c1-3-4-9(2)18-13(19)8-17-14(18)10-5-6-11(15)12(16)7-10/h5-7,9,14,17H,3-4,8H2,1-2H3. The van der Waals surface area contributed by atoms with Gasteiger partial charge in [-0.25, -0.2) is 8.78 Å². The van der Waals surface area contributed by atoms with Crippen LogP contribution in [0.25, 0.3) is 0 Å². The van der Waals surface area contributed by atoms with Crippen LogP contribution < -0.4 is 5.32 Å². The summed E-state index contributed by atoms with van der Waals surface area (Å²) in [5.41, 5.74) is 0.577. The first kappa shape index (κ1) is 13.9. The summed E-state index contributed by atoms with van der Waals surface area (Å²) in [7, 11) is 0. The van der Waals surface area contributed by atoms with E-state index in [1.165, 1.54) is 6.07 Å². The summed E-state index contributed by atoms with van der Waals surface area (Å²) in [5.74, 6) is -1.77. The van der Waals surface area contributed by atoms with Crippen molar-refractivity contribution in [2.45, 2.75) is 38.9 Å². The Kier molecular flexibility index (Phi) is 4.14. The fraction of sp³-hybridized carbons (Fsp3) is 0.500. The van der Waals surface area contributed by atoms with Gasteiger partial charge in [0.25, 0.3) is 0 Å². The second-order valence-corrected chi connectivity index (χ2v) is 4.90. The van der Waals surface area contributed by atoms with Gasteiger partial charge in [-0.3, -0.25) is 10.1 Å². The Balaban J connectivity index is 2.26. The summed E-state index contributed by atoms with van der Waals surface area (Å²) in [4.78, 5) is 13.6. The predicted molar refractivity (Wildman–Crippen MR) is 68.3 cm³/mol. The third kappa shape index (κ3) is 2.76. The molecular formula is C14H18F2N2O. The Labute approximate surface area is 111 Å². The molecule has 3 nitrogen and oxygen atoms in total. The highest BCUT2D eigenvalue weighted by molar-refractivity contribution is 5.81. The molecule has 19 heavy (non-hydrogen) atoms. The first-order chi connectivity index (χ1) is 9.04. The van der Waals surface area contributed by atoms with Crippen LogP contribution in [0.3, 0.4) is 0 Å². The third-order valence-electron chi connectivity index (χ3n) is 3.45. The summed E-state index contributed by atoms with van der Waals surface area (Å²) in [6.07, 6.45) is 1.48. The largest absolute Gasteiger partial charge is 0.319 e. The zero-order valence-electron chi connectivity index (χ0n) is 11.1. The van der Waals surface area contributed by atoms with E-state index in [-0.39, 0.29) is 24.7 Å². The minimum absolute atomic E-state index is 0.00400. The van der Waals surface area contributed by atoms with Crippen molar-refractivity contribution in [3.8, 4) is 0 Å². The van der Waals surface area contributed by atoms with E-state index in [0.29, 0.717) is 5.56 Å². The van der Waals surface area contributed by atoms with E-state index in [2.05, 4.69) is 12.2 Å². The van der Waals surface area contributed by atoms with Crippen molar-refractivity contribution in [1.82, 2.24) is 10.2 Å². The van der Waals surface area contributed by atoms with E-state index >= 15 is 0 Å². The number of nitrogens with zero attached hydrogens (tertiary/aromatic N) is 1. The van der Waals surface area contributed by atoms with Gasteiger partial charge < -0.3 is 4.90 Å². The van der Waals surface area contributed by atoms with Crippen molar-refractivity contribution < 1.29 is 13.6 Å². The molecule has 1 fully saturated rings. The van der Waals surface area contributed by atoms with Crippen LogP contribution >= 0.6 is 0 Å². The van der Waals surface area contributed by atoms with E-state index in [1.54, 1.807) is 4.90 Å². The lowest BCUT2D eigenvalue weighted by molar-refractivity contribution is -0.130. The maximum Gasteiger partial charge on any atom is 0.238 e. The lowest BCUT2D eigenvalue weighted by Gasteiger charge is -2.30. The summed E-state index contributed by atoms with van der Waals surface area (Å²) < 4.78 is 26.3. The van der Waals surface area contributed by atoms with Crippen molar-refractivity contribution in [3.05, 3.63) is 35.4 Å². The molecule has 1 aliphatic heterocycles. The Hall–Kier alpha value is -1.49. The summed E-state index contributed by atoms with van der Waals surface area (Å²) in [6, 6.07) is 3.83. The number of hydrogen-bond acceptors (Lipinski definition) is 2. The van der Waals surface area contributed by atoms with Gasteiger partial charge >= 0.3 is 0 Å². The van der Waals surface area contributed by atoms with Crippen LogP contribution in [-0.4, -0.2) is 23.4 Å². The van der Waals surface area contributed by atoms with Gasteiger partial charge in [-0.05, 0) is 31.0 Å².